The third-order valence-corrected chi connectivity index (χ3v) is 2.79. The number of hydrogen-bond acceptors (Lipinski definition) is 2. The van der Waals surface area contributed by atoms with Crippen molar-refractivity contribution >= 4 is 21.6 Å². The average molecular weight is 296 g/mol. The maximum atomic E-state index is 13.4. The van der Waals surface area contributed by atoms with Crippen LogP contribution in [-0.4, -0.2) is 0 Å². The van der Waals surface area contributed by atoms with E-state index in [1.165, 1.54) is 12.1 Å². The first kappa shape index (κ1) is 11.9. The molecule has 0 saturated heterocycles. The largest absolute Gasteiger partial charge is 0.486 e. The second kappa shape index (κ2) is 5.19. The minimum absolute atomic E-state index is 0.210. The fourth-order valence-corrected chi connectivity index (χ4v) is 1.64. The van der Waals surface area contributed by atoms with Crippen LogP contribution in [0.5, 0.6) is 5.75 Å². The SMILES string of the molecule is Nc1ccc(OCc2ccc(Br)cc2)c(F)c1. The molecule has 0 aromatic heterocycles. The van der Waals surface area contributed by atoms with Crippen LogP contribution >= 0.6 is 15.9 Å². The standard InChI is InChI=1S/C13H11BrFNO/c14-10-3-1-9(2-4-10)8-17-13-6-5-11(16)7-12(13)15/h1-7H,8,16H2. The van der Waals surface area contributed by atoms with Gasteiger partial charge in [-0.2, -0.15) is 0 Å². The molecule has 17 heavy (non-hydrogen) atoms. The van der Waals surface area contributed by atoms with Gasteiger partial charge in [-0.3, -0.25) is 0 Å². The summed E-state index contributed by atoms with van der Waals surface area (Å²) in [5, 5.41) is 0. The van der Waals surface area contributed by atoms with E-state index in [4.69, 9.17) is 10.5 Å². The molecule has 0 aliphatic heterocycles. The van der Waals surface area contributed by atoms with Crippen LogP contribution in [0.1, 0.15) is 5.56 Å². The Labute approximate surface area is 107 Å². The van der Waals surface area contributed by atoms with Gasteiger partial charge in [-0.05, 0) is 29.8 Å². The lowest BCUT2D eigenvalue weighted by molar-refractivity contribution is 0.290. The molecular formula is C13H11BrFNO. The summed E-state index contributed by atoms with van der Waals surface area (Å²) in [5.41, 5.74) is 6.81. The molecule has 0 fully saturated rings. The third kappa shape index (κ3) is 3.20. The second-order valence-corrected chi connectivity index (χ2v) is 4.52. The summed E-state index contributed by atoms with van der Waals surface area (Å²) in [5.74, 6) is -0.232. The predicted octanol–water partition coefficient (Wildman–Crippen LogP) is 3.75. The molecule has 0 aliphatic rings. The predicted molar refractivity (Wildman–Crippen MR) is 69.3 cm³/mol. The van der Waals surface area contributed by atoms with Crippen molar-refractivity contribution in [3.05, 3.63) is 58.3 Å². The van der Waals surface area contributed by atoms with E-state index in [9.17, 15) is 4.39 Å². The highest BCUT2D eigenvalue weighted by Crippen LogP contribution is 2.20. The summed E-state index contributed by atoms with van der Waals surface area (Å²) in [6.45, 7) is 0.327. The third-order valence-electron chi connectivity index (χ3n) is 2.26. The van der Waals surface area contributed by atoms with Crippen LogP contribution in [0.3, 0.4) is 0 Å². The molecule has 2 N–H and O–H groups in total. The Hall–Kier alpha value is -1.55. The van der Waals surface area contributed by atoms with Gasteiger partial charge < -0.3 is 10.5 Å². The van der Waals surface area contributed by atoms with E-state index in [0.717, 1.165) is 10.0 Å². The van der Waals surface area contributed by atoms with Crippen LogP contribution in [0.4, 0.5) is 10.1 Å². The Morgan fingerprint density at radius 3 is 2.47 bits per heavy atom. The Bertz CT molecular complexity index is 513. The zero-order chi connectivity index (χ0) is 12.3. The Balaban J connectivity index is 2.04. The van der Waals surface area contributed by atoms with E-state index in [1.54, 1.807) is 6.07 Å². The Kier molecular flexibility index (Phi) is 3.64. The molecule has 0 atom stereocenters. The van der Waals surface area contributed by atoms with E-state index in [1.807, 2.05) is 24.3 Å². The molecule has 4 heteroatoms. The fraction of sp³-hybridized carbons (Fsp3) is 0.0769. The highest BCUT2D eigenvalue weighted by molar-refractivity contribution is 9.10. The monoisotopic (exact) mass is 295 g/mol. The van der Waals surface area contributed by atoms with Crippen molar-refractivity contribution in [1.82, 2.24) is 0 Å². The van der Waals surface area contributed by atoms with Gasteiger partial charge >= 0.3 is 0 Å². The van der Waals surface area contributed by atoms with Gasteiger partial charge in [0.2, 0.25) is 0 Å². The van der Waals surface area contributed by atoms with E-state index in [0.29, 0.717) is 12.3 Å². The van der Waals surface area contributed by atoms with Gasteiger partial charge in [0, 0.05) is 16.2 Å². The van der Waals surface area contributed by atoms with Gasteiger partial charge in [-0.1, -0.05) is 28.1 Å². The Morgan fingerprint density at radius 2 is 1.82 bits per heavy atom. The van der Waals surface area contributed by atoms with Crippen molar-refractivity contribution in [2.45, 2.75) is 6.61 Å². The highest BCUT2D eigenvalue weighted by atomic mass is 79.9. The van der Waals surface area contributed by atoms with Crippen LogP contribution in [-0.2, 0) is 6.61 Å². The molecule has 0 unspecified atom stereocenters. The van der Waals surface area contributed by atoms with Crippen LogP contribution in [0.2, 0.25) is 0 Å². The first-order chi connectivity index (χ1) is 8.15. The summed E-state index contributed by atoms with van der Waals surface area (Å²) < 4.78 is 19.8. The molecule has 0 bridgehead atoms. The van der Waals surface area contributed by atoms with Crippen molar-refractivity contribution in [2.75, 3.05) is 5.73 Å². The van der Waals surface area contributed by atoms with Crippen molar-refractivity contribution in [1.29, 1.82) is 0 Å². The molecule has 2 aromatic carbocycles. The number of nitrogens with two attached hydrogens (primary N) is 1. The minimum atomic E-state index is -0.442. The van der Waals surface area contributed by atoms with Crippen LogP contribution < -0.4 is 10.5 Å². The molecule has 0 aliphatic carbocycles. The first-order valence-corrected chi connectivity index (χ1v) is 5.87. The lowest BCUT2D eigenvalue weighted by Crippen LogP contribution is -1.98. The van der Waals surface area contributed by atoms with Crippen molar-refractivity contribution in [3.8, 4) is 5.75 Å². The van der Waals surface area contributed by atoms with Crippen LogP contribution in [0, 0.1) is 5.82 Å². The number of anilines is 1. The summed E-state index contributed by atoms with van der Waals surface area (Å²) >= 11 is 3.35. The summed E-state index contributed by atoms with van der Waals surface area (Å²) in [6, 6.07) is 12.1. The molecule has 0 saturated carbocycles. The number of nitrogen functional groups attached to an aromatic ring is 1. The zero-order valence-electron chi connectivity index (χ0n) is 8.99. The second-order valence-electron chi connectivity index (χ2n) is 3.61. The van der Waals surface area contributed by atoms with Gasteiger partial charge in [0.05, 0.1) is 0 Å². The summed E-state index contributed by atoms with van der Waals surface area (Å²) in [4.78, 5) is 0. The topological polar surface area (TPSA) is 35.2 Å². The summed E-state index contributed by atoms with van der Waals surface area (Å²) in [7, 11) is 0. The number of halogens is 2. The number of ether oxygens (including phenoxy) is 1. The molecule has 0 radical (unpaired) electrons. The molecule has 0 spiro atoms. The molecule has 2 rings (SSSR count). The maximum absolute atomic E-state index is 13.4. The van der Waals surface area contributed by atoms with Gasteiger partial charge in [-0.25, -0.2) is 4.39 Å². The lowest BCUT2D eigenvalue weighted by atomic mass is 10.2. The minimum Gasteiger partial charge on any atom is -0.486 e. The molecule has 0 amide bonds. The molecule has 88 valence electrons. The normalized spacial score (nSPS) is 10.2. The van der Waals surface area contributed by atoms with E-state index >= 15 is 0 Å². The van der Waals surface area contributed by atoms with Crippen molar-refractivity contribution < 1.29 is 9.13 Å². The smallest absolute Gasteiger partial charge is 0.167 e. The average Bonchev–Trinajstić information content (AvgIpc) is 2.30. The van der Waals surface area contributed by atoms with Gasteiger partial charge in [-0.15, -0.1) is 0 Å². The van der Waals surface area contributed by atoms with E-state index in [2.05, 4.69) is 15.9 Å². The molecular weight excluding hydrogens is 285 g/mol. The highest BCUT2D eigenvalue weighted by Gasteiger charge is 2.03. The van der Waals surface area contributed by atoms with Gasteiger partial charge in [0.15, 0.2) is 11.6 Å². The van der Waals surface area contributed by atoms with Gasteiger partial charge in [0.25, 0.3) is 0 Å². The summed E-state index contributed by atoms with van der Waals surface area (Å²) in [6.07, 6.45) is 0. The Morgan fingerprint density at radius 1 is 1.12 bits per heavy atom. The van der Waals surface area contributed by atoms with E-state index < -0.39 is 5.82 Å². The zero-order valence-corrected chi connectivity index (χ0v) is 10.6. The fourth-order valence-electron chi connectivity index (χ4n) is 1.38. The molecule has 2 aromatic rings. The number of hydrogen-bond donors (Lipinski definition) is 1. The maximum Gasteiger partial charge on any atom is 0.167 e. The van der Waals surface area contributed by atoms with Gasteiger partial charge in [0.1, 0.15) is 6.61 Å². The van der Waals surface area contributed by atoms with Crippen LogP contribution in [0.25, 0.3) is 0 Å². The first-order valence-electron chi connectivity index (χ1n) is 5.07. The molecule has 2 nitrogen and oxygen atoms in total. The van der Waals surface area contributed by atoms with E-state index in [-0.39, 0.29) is 5.75 Å². The lowest BCUT2D eigenvalue weighted by Gasteiger charge is -2.07. The van der Waals surface area contributed by atoms with Crippen LogP contribution in [0.15, 0.2) is 46.9 Å². The number of rotatable bonds is 3. The van der Waals surface area contributed by atoms with Crippen molar-refractivity contribution in [2.24, 2.45) is 0 Å². The quantitative estimate of drug-likeness (QED) is 0.875. The van der Waals surface area contributed by atoms with Crippen molar-refractivity contribution in [3.63, 3.8) is 0 Å². The molecule has 0 heterocycles. The number of benzene rings is 2.